The molecule has 1 atom stereocenters. The number of ketones is 1. The van der Waals surface area contributed by atoms with Crippen molar-refractivity contribution >= 4 is 5.78 Å². The van der Waals surface area contributed by atoms with Crippen LogP contribution < -0.4 is 4.74 Å². The van der Waals surface area contributed by atoms with Gasteiger partial charge in [-0.1, -0.05) is 18.2 Å². The van der Waals surface area contributed by atoms with Crippen LogP contribution in [0.2, 0.25) is 0 Å². The second kappa shape index (κ2) is 8.31. The van der Waals surface area contributed by atoms with E-state index in [-0.39, 0.29) is 23.2 Å². The Balaban J connectivity index is 1.20. The van der Waals surface area contributed by atoms with E-state index in [0.29, 0.717) is 12.0 Å². The van der Waals surface area contributed by atoms with Crippen molar-refractivity contribution in [3.8, 4) is 5.75 Å². The van der Waals surface area contributed by atoms with Gasteiger partial charge in [-0.05, 0) is 55.4 Å². The molecule has 3 aromatic rings. The Kier molecular flexibility index (Phi) is 5.36. The molecule has 0 saturated carbocycles. The van der Waals surface area contributed by atoms with E-state index in [9.17, 15) is 9.18 Å². The molecule has 4 nitrogen and oxygen atoms in total. The highest BCUT2D eigenvalue weighted by atomic mass is 19.1. The first-order valence-corrected chi connectivity index (χ1v) is 11.1. The van der Waals surface area contributed by atoms with E-state index < -0.39 is 0 Å². The molecule has 5 heteroatoms. The third-order valence-electron chi connectivity index (χ3n) is 6.70. The maximum absolute atomic E-state index is 13.0. The Labute approximate surface area is 182 Å². The first-order valence-electron chi connectivity index (χ1n) is 11.1. The van der Waals surface area contributed by atoms with Gasteiger partial charge in [0.1, 0.15) is 23.2 Å². The third kappa shape index (κ3) is 3.90. The van der Waals surface area contributed by atoms with Crippen molar-refractivity contribution in [2.45, 2.75) is 37.3 Å². The molecule has 3 heterocycles. The molecule has 0 N–H and O–H groups in total. The summed E-state index contributed by atoms with van der Waals surface area (Å²) in [4.78, 5) is 14.8. The van der Waals surface area contributed by atoms with Gasteiger partial charge >= 0.3 is 0 Å². The predicted octanol–water partition coefficient (Wildman–Crippen LogP) is 5.11. The second-order valence-corrected chi connectivity index (χ2v) is 8.61. The van der Waals surface area contributed by atoms with Crippen LogP contribution in [0, 0.1) is 5.82 Å². The summed E-state index contributed by atoms with van der Waals surface area (Å²) in [6.45, 7) is 2.80. The molecular weight excluding hydrogens is 391 g/mol. The topological polar surface area (TPSA) is 34.5 Å². The normalized spacial score (nSPS) is 19.8. The highest BCUT2D eigenvalue weighted by Crippen LogP contribution is 2.50. The SMILES string of the molecule is O=C(CCCN1CCC2(CC1)Oc1ccccc1C2n1cccc1)c1ccc(F)cc1. The lowest BCUT2D eigenvalue weighted by atomic mass is 9.82. The molecule has 2 aliphatic rings. The van der Waals surface area contributed by atoms with Gasteiger partial charge in [-0.2, -0.15) is 0 Å². The van der Waals surface area contributed by atoms with E-state index >= 15 is 0 Å². The smallest absolute Gasteiger partial charge is 0.162 e. The summed E-state index contributed by atoms with van der Waals surface area (Å²) in [6.07, 6.45) is 7.47. The molecule has 1 spiro atoms. The zero-order valence-electron chi connectivity index (χ0n) is 17.5. The molecule has 5 rings (SSSR count). The summed E-state index contributed by atoms with van der Waals surface area (Å²) >= 11 is 0. The molecule has 1 unspecified atom stereocenters. The van der Waals surface area contributed by atoms with Crippen molar-refractivity contribution in [1.82, 2.24) is 9.47 Å². The number of ether oxygens (including phenoxy) is 1. The number of carbonyl (C=O) groups excluding carboxylic acids is 1. The molecular formula is C26H27FN2O2. The van der Waals surface area contributed by atoms with Gasteiger partial charge in [-0.25, -0.2) is 4.39 Å². The molecule has 2 aromatic carbocycles. The molecule has 0 bridgehead atoms. The van der Waals surface area contributed by atoms with Crippen LogP contribution in [0.25, 0.3) is 0 Å². The Morgan fingerprint density at radius 3 is 2.45 bits per heavy atom. The highest BCUT2D eigenvalue weighted by Gasteiger charge is 2.50. The van der Waals surface area contributed by atoms with E-state index in [1.807, 2.05) is 6.07 Å². The van der Waals surface area contributed by atoms with Crippen molar-refractivity contribution in [2.24, 2.45) is 0 Å². The van der Waals surface area contributed by atoms with Crippen LogP contribution in [0.4, 0.5) is 4.39 Å². The summed E-state index contributed by atoms with van der Waals surface area (Å²) < 4.78 is 21.9. The zero-order valence-corrected chi connectivity index (χ0v) is 17.5. The number of fused-ring (bicyclic) bond motifs is 1. The summed E-state index contributed by atoms with van der Waals surface area (Å²) in [5, 5.41) is 0. The van der Waals surface area contributed by atoms with Crippen LogP contribution in [-0.2, 0) is 0 Å². The monoisotopic (exact) mass is 418 g/mol. The van der Waals surface area contributed by atoms with Crippen molar-refractivity contribution in [2.75, 3.05) is 19.6 Å². The van der Waals surface area contributed by atoms with E-state index in [0.717, 1.165) is 44.6 Å². The Bertz CT molecular complexity index is 1040. The first kappa shape index (κ1) is 20.0. The minimum atomic E-state index is -0.312. The maximum Gasteiger partial charge on any atom is 0.162 e. The van der Waals surface area contributed by atoms with Crippen LogP contribution >= 0.6 is 0 Å². The Morgan fingerprint density at radius 2 is 1.71 bits per heavy atom. The molecule has 1 aromatic heterocycles. The van der Waals surface area contributed by atoms with Crippen molar-refractivity contribution in [3.63, 3.8) is 0 Å². The summed E-state index contributed by atoms with van der Waals surface area (Å²) in [5.74, 6) is 0.767. The summed E-state index contributed by atoms with van der Waals surface area (Å²) in [5.41, 5.74) is 1.63. The highest BCUT2D eigenvalue weighted by molar-refractivity contribution is 5.95. The van der Waals surface area contributed by atoms with Gasteiger partial charge in [-0.3, -0.25) is 4.79 Å². The second-order valence-electron chi connectivity index (χ2n) is 8.61. The Morgan fingerprint density at radius 1 is 1.00 bits per heavy atom. The van der Waals surface area contributed by atoms with Crippen LogP contribution in [0.15, 0.2) is 73.1 Å². The van der Waals surface area contributed by atoms with Crippen LogP contribution in [0.1, 0.15) is 47.6 Å². The number of para-hydroxylation sites is 1. The number of hydrogen-bond acceptors (Lipinski definition) is 3. The van der Waals surface area contributed by atoms with Crippen molar-refractivity contribution in [3.05, 3.63) is 90.0 Å². The van der Waals surface area contributed by atoms with Crippen molar-refractivity contribution in [1.29, 1.82) is 0 Å². The van der Waals surface area contributed by atoms with Gasteiger partial charge < -0.3 is 14.2 Å². The lowest BCUT2D eigenvalue weighted by molar-refractivity contribution is -0.00718. The number of aromatic nitrogens is 1. The number of carbonyl (C=O) groups is 1. The summed E-state index contributed by atoms with van der Waals surface area (Å²) in [7, 11) is 0. The average Bonchev–Trinajstić information content (AvgIpc) is 3.41. The van der Waals surface area contributed by atoms with Crippen LogP contribution in [0.3, 0.4) is 0 Å². The fourth-order valence-electron chi connectivity index (χ4n) is 5.08. The molecule has 0 amide bonds. The third-order valence-corrected chi connectivity index (χ3v) is 6.70. The fourth-order valence-corrected chi connectivity index (χ4v) is 5.08. The number of hydrogen-bond donors (Lipinski definition) is 0. The molecule has 0 radical (unpaired) electrons. The van der Waals surface area contributed by atoms with Crippen molar-refractivity contribution < 1.29 is 13.9 Å². The predicted molar refractivity (Wildman–Crippen MR) is 118 cm³/mol. The van der Waals surface area contributed by atoms with E-state index in [4.69, 9.17) is 4.74 Å². The van der Waals surface area contributed by atoms with Gasteiger partial charge in [0, 0.05) is 55.9 Å². The lowest BCUT2D eigenvalue weighted by Crippen LogP contribution is -2.50. The number of nitrogens with zero attached hydrogens (tertiary/aromatic N) is 2. The largest absolute Gasteiger partial charge is 0.484 e. The molecule has 31 heavy (non-hydrogen) atoms. The van der Waals surface area contributed by atoms with Gasteiger partial charge in [-0.15, -0.1) is 0 Å². The number of piperidine rings is 1. The van der Waals surface area contributed by atoms with Crippen LogP contribution in [-0.4, -0.2) is 40.5 Å². The molecule has 2 aliphatic heterocycles. The van der Waals surface area contributed by atoms with Gasteiger partial charge in [0.25, 0.3) is 0 Å². The number of likely N-dealkylation sites (tertiary alicyclic amines) is 1. The minimum absolute atomic E-state index is 0.0794. The van der Waals surface area contributed by atoms with E-state index in [1.165, 1.54) is 17.7 Å². The molecule has 1 saturated heterocycles. The van der Waals surface area contributed by atoms with E-state index in [1.54, 1.807) is 12.1 Å². The summed E-state index contributed by atoms with van der Waals surface area (Å²) in [6, 6.07) is 18.6. The maximum atomic E-state index is 13.0. The van der Waals surface area contributed by atoms with Gasteiger partial charge in [0.05, 0.1) is 0 Å². The quantitative estimate of drug-likeness (QED) is 0.522. The van der Waals surface area contributed by atoms with Gasteiger partial charge in [0.2, 0.25) is 0 Å². The molecule has 1 fully saturated rings. The standard InChI is InChI=1S/C26H27FN2O2/c27-21-11-9-20(10-12-21)23(30)7-5-15-28-18-13-26(14-19-28)25(29-16-3-4-17-29)22-6-1-2-8-24(22)31-26/h1-4,6,8-12,16-17,25H,5,7,13-15,18-19H2. The minimum Gasteiger partial charge on any atom is -0.484 e. The number of benzene rings is 2. The number of Topliss-reactive ketones (excluding diaryl/α,β-unsaturated/α-hetero) is 1. The van der Waals surface area contributed by atoms with E-state index in [2.05, 4.69) is 52.2 Å². The molecule has 0 aliphatic carbocycles. The van der Waals surface area contributed by atoms with Gasteiger partial charge in [0.15, 0.2) is 5.78 Å². The number of rotatable bonds is 6. The number of halogens is 1. The first-order chi connectivity index (χ1) is 15.1. The lowest BCUT2D eigenvalue weighted by Gasteiger charge is -2.42. The molecule has 160 valence electrons. The zero-order chi connectivity index (χ0) is 21.3. The Hall–Kier alpha value is -2.92. The average molecular weight is 419 g/mol. The fraction of sp³-hybridized carbons (Fsp3) is 0.346. The van der Waals surface area contributed by atoms with Crippen LogP contribution in [0.5, 0.6) is 5.75 Å².